The summed E-state index contributed by atoms with van der Waals surface area (Å²) >= 11 is 0. The lowest BCUT2D eigenvalue weighted by atomic mass is 10.0. The SMILES string of the molecule is [CH]1CCCCC1.[H+]. The summed E-state index contributed by atoms with van der Waals surface area (Å²) in [4.78, 5) is 0. The van der Waals surface area contributed by atoms with Crippen molar-refractivity contribution < 1.29 is 1.43 Å². The van der Waals surface area contributed by atoms with E-state index in [0.717, 1.165) is 0 Å². The van der Waals surface area contributed by atoms with Gasteiger partial charge < -0.3 is 0 Å². The monoisotopic (exact) mass is 84.1 g/mol. The van der Waals surface area contributed by atoms with Crippen LogP contribution >= 0.6 is 0 Å². The third-order valence-electron chi connectivity index (χ3n) is 1.32. The molecule has 1 radical (unpaired) electrons. The van der Waals surface area contributed by atoms with Gasteiger partial charge in [0.25, 0.3) is 0 Å². The average Bonchev–Trinajstić information content (AvgIpc) is 1.72. The molecule has 0 N–H and O–H groups in total. The Balaban J connectivity index is 0.000000360. The molecule has 0 amide bonds. The van der Waals surface area contributed by atoms with Crippen LogP contribution in [0, 0.1) is 6.42 Å². The second-order valence-corrected chi connectivity index (χ2v) is 1.93. The minimum Gasteiger partial charge on any atom is -0.0533 e. The number of hydrogen-bond donors (Lipinski definition) is 0. The topological polar surface area (TPSA) is 0 Å². The van der Waals surface area contributed by atoms with E-state index in [1.807, 2.05) is 0 Å². The van der Waals surface area contributed by atoms with Gasteiger partial charge in [-0.2, -0.15) is 0 Å². The van der Waals surface area contributed by atoms with E-state index < -0.39 is 0 Å². The Hall–Kier alpha value is 0. The molecule has 0 aromatic rings. The first-order valence-corrected chi connectivity index (χ1v) is 2.82. The molecule has 0 heteroatoms. The fourth-order valence-electron chi connectivity index (χ4n) is 0.898. The van der Waals surface area contributed by atoms with Crippen molar-refractivity contribution in [3.8, 4) is 0 Å². The van der Waals surface area contributed by atoms with Crippen molar-refractivity contribution >= 4 is 0 Å². The van der Waals surface area contributed by atoms with Crippen LogP contribution in [0.15, 0.2) is 0 Å². The summed E-state index contributed by atoms with van der Waals surface area (Å²) in [7, 11) is 0. The van der Waals surface area contributed by atoms with Crippen molar-refractivity contribution in [1.82, 2.24) is 0 Å². The molecule has 0 aliphatic heterocycles. The van der Waals surface area contributed by atoms with E-state index in [4.69, 9.17) is 0 Å². The summed E-state index contributed by atoms with van der Waals surface area (Å²) in [5, 5.41) is 0. The third-order valence-corrected chi connectivity index (χ3v) is 1.32. The lowest BCUT2D eigenvalue weighted by molar-refractivity contribution is 0.593. The van der Waals surface area contributed by atoms with Crippen molar-refractivity contribution in [2.45, 2.75) is 32.1 Å². The highest BCUT2D eigenvalue weighted by molar-refractivity contribution is 4.69. The first-order valence-electron chi connectivity index (χ1n) is 2.82. The largest absolute Gasteiger partial charge is 1.00 e. The molecule has 1 aliphatic carbocycles. The minimum absolute atomic E-state index is 0. The molecule has 0 unspecified atom stereocenters. The second-order valence-electron chi connectivity index (χ2n) is 1.93. The van der Waals surface area contributed by atoms with Gasteiger partial charge in [-0.15, -0.1) is 0 Å². The Morgan fingerprint density at radius 3 is 1.83 bits per heavy atom. The molecule has 1 aliphatic rings. The normalized spacial score (nSPS) is 24.0. The zero-order valence-corrected chi connectivity index (χ0v) is 4.11. The Morgan fingerprint density at radius 2 is 1.67 bits per heavy atom. The smallest absolute Gasteiger partial charge is 0.0533 e. The molecule has 1 rings (SSSR count). The van der Waals surface area contributed by atoms with Crippen molar-refractivity contribution in [1.29, 1.82) is 0 Å². The van der Waals surface area contributed by atoms with E-state index in [-0.39, 0.29) is 1.43 Å². The van der Waals surface area contributed by atoms with E-state index >= 15 is 0 Å². The zero-order chi connectivity index (χ0) is 4.24. The summed E-state index contributed by atoms with van der Waals surface area (Å²) in [5.41, 5.74) is 0. The van der Waals surface area contributed by atoms with Gasteiger partial charge in [0.1, 0.15) is 0 Å². The number of hydrogen-bond acceptors (Lipinski definition) is 0. The minimum atomic E-state index is 0. The van der Waals surface area contributed by atoms with Crippen LogP contribution in [0.25, 0.3) is 0 Å². The van der Waals surface area contributed by atoms with Gasteiger partial charge in [0.15, 0.2) is 0 Å². The highest BCUT2D eigenvalue weighted by Gasteiger charge is 1.95. The average molecular weight is 84.2 g/mol. The van der Waals surface area contributed by atoms with Crippen molar-refractivity contribution in [3.63, 3.8) is 0 Å². The molecule has 1 fully saturated rings. The molecule has 0 spiro atoms. The summed E-state index contributed by atoms with van der Waals surface area (Å²) < 4.78 is 0. The first kappa shape index (κ1) is 4.17. The van der Waals surface area contributed by atoms with Gasteiger partial charge in [-0.3, -0.25) is 0 Å². The number of rotatable bonds is 0. The highest BCUT2D eigenvalue weighted by Crippen LogP contribution is 2.14. The Morgan fingerprint density at radius 1 is 1.00 bits per heavy atom. The summed E-state index contributed by atoms with van der Waals surface area (Å²) in [5.74, 6) is 0. The Kier molecular flexibility index (Phi) is 1.54. The van der Waals surface area contributed by atoms with Gasteiger partial charge in [-0.1, -0.05) is 32.1 Å². The molecular weight excluding hydrogens is 72.1 g/mol. The predicted molar refractivity (Wildman–Crippen MR) is 28.5 cm³/mol. The molecule has 1 saturated carbocycles. The second kappa shape index (κ2) is 2.22. The highest BCUT2D eigenvalue weighted by atomic mass is 14.0. The van der Waals surface area contributed by atoms with Crippen LogP contribution in [0.4, 0.5) is 0 Å². The molecule has 0 atom stereocenters. The lowest BCUT2D eigenvalue weighted by Crippen LogP contribution is -1.87. The van der Waals surface area contributed by atoms with E-state index in [1.54, 1.807) is 0 Å². The summed E-state index contributed by atoms with van der Waals surface area (Å²) in [6.45, 7) is 0. The van der Waals surface area contributed by atoms with Gasteiger partial charge in [0, 0.05) is 0 Å². The fraction of sp³-hybridized carbons (Fsp3) is 0.833. The van der Waals surface area contributed by atoms with Crippen molar-refractivity contribution in [3.05, 3.63) is 6.42 Å². The maximum atomic E-state index is 2.39. The van der Waals surface area contributed by atoms with Crippen LogP contribution in [-0.2, 0) is 0 Å². The van der Waals surface area contributed by atoms with Crippen LogP contribution in [0.3, 0.4) is 0 Å². The van der Waals surface area contributed by atoms with Gasteiger partial charge >= 0.3 is 1.43 Å². The molecule has 6 heavy (non-hydrogen) atoms. The molecule has 0 nitrogen and oxygen atoms in total. The first-order chi connectivity index (χ1) is 3.00. The molecule has 0 aromatic heterocycles. The van der Waals surface area contributed by atoms with Gasteiger partial charge in [-0.05, 0) is 6.42 Å². The molecular formula is C6H12+. The van der Waals surface area contributed by atoms with Crippen LogP contribution in [0.1, 0.15) is 33.5 Å². The van der Waals surface area contributed by atoms with E-state index in [1.165, 1.54) is 32.1 Å². The fourth-order valence-corrected chi connectivity index (χ4v) is 0.898. The Labute approximate surface area is 41.0 Å². The van der Waals surface area contributed by atoms with Crippen molar-refractivity contribution in [2.24, 2.45) is 0 Å². The van der Waals surface area contributed by atoms with E-state index in [2.05, 4.69) is 6.42 Å². The molecule has 0 aromatic carbocycles. The Bertz CT molecular complexity index is 19.7. The summed E-state index contributed by atoms with van der Waals surface area (Å²) in [6.07, 6.45) is 9.50. The van der Waals surface area contributed by atoms with Gasteiger partial charge in [0.2, 0.25) is 0 Å². The van der Waals surface area contributed by atoms with Crippen LogP contribution in [-0.4, -0.2) is 0 Å². The zero-order valence-electron chi connectivity index (χ0n) is 5.11. The molecule has 0 bridgehead atoms. The van der Waals surface area contributed by atoms with Crippen LogP contribution in [0.2, 0.25) is 0 Å². The van der Waals surface area contributed by atoms with Crippen LogP contribution in [0.5, 0.6) is 0 Å². The van der Waals surface area contributed by atoms with Crippen molar-refractivity contribution in [2.75, 3.05) is 0 Å². The lowest BCUT2D eigenvalue weighted by Gasteiger charge is -2.05. The molecule has 0 heterocycles. The predicted octanol–water partition coefficient (Wildman–Crippen LogP) is 2.27. The van der Waals surface area contributed by atoms with Crippen LogP contribution < -0.4 is 0 Å². The van der Waals surface area contributed by atoms with E-state index in [0.29, 0.717) is 0 Å². The summed E-state index contributed by atoms with van der Waals surface area (Å²) in [6, 6.07) is 0. The van der Waals surface area contributed by atoms with Gasteiger partial charge in [0.05, 0.1) is 0 Å². The molecule has 0 saturated heterocycles. The third kappa shape index (κ3) is 1.00. The molecule has 35 valence electrons. The van der Waals surface area contributed by atoms with E-state index in [9.17, 15) is 0 Å². The maximum Gasteiger partial charge on any atom is 1.00 e. The maximum absolute atomic E-state index is 2.39. The standard InChI is InChI=1S/C6H11/c1-2-4-6-5-3-1/h1H,2-6H2/p+1. The van der Waals surface area contributed by atoms with Gasteiger partial charge in [-0.25, -0.2) is 0 Å². The quantitative estimate of drug-likeness (QED) is 0.422.